The molecule has 0 bridgehead atoms. The molecule has 1 saturated heterocycles. The highest BCUT2D eigenvalue weighted by molar-refractivity contribution is 6.16. The summed E-state index contributed by atoms with van der Waals surface area (Å²) in [5.41, 5.74) is 1.16. The fraction of sp³-hybridized carbons (Fsp3) is 0.300. The van der Waals surface area contributed by atoms with Gasteiger partial charge in [0.25, 0.3) is 5.91 Å². The highest BCUT2D eigenvalue weighted by atomic mass is 16.5. The second-order valence-corrected chi connectivity index (χ2v) is 7.25. The van der Waals surface area contributed by atoms with E-state index < -0.39 is 11.6 Å². The van der Waals surface area contributed by atoms with Gasteiger partial charge in [-0.15, -0.1) is 0 Å². The topological polar surface area (TPSA) is 95.3 Å². The van der Waals surface area contributed by atoms with Crippen LogP contribution in [-0.2, 0) is 4.79 Å². The predicted octanol–water partition coefficient (Wildman–Crippen LogP) is 3.46. The first kappa shape index (κ1) is 17.0. The highest BCUT2D eigenvalue weighted by Gasteiger charge is 2.46. The molecule has 0 atom stereocenters. The van der Waals surface area contributed by atoms with E-state index in [1.54, 1.807) is 38.1 Å². The summed E-state index contributed by atoms with van der Waals surface area (Å²) in [6, 6.07) is 10.4. The summed E-state index contributed by atoms with van der Waals surface area (Å²) < 4.78 is 5.92. The smallest absolute Gasteiger partial charge is 0.329 e. The number of amides is 3. The van der Waals surface area contributed by atoms with Gasteiger partial charge in [-0.3, -0.25) is 15.0 Å². The van der Waals surface area contributed by atoms with Gasteiger partial charge < -0.3 is 4.74 Å². The molecule has 0 spiro atoms. The zero-order chi connectivity index (χ0) is 19.2. The molecule has 2 heterocycles. The normalized spacial score (nSPS) is 18.2. The van der Waals surface area contributed by atoms with Crippen molar-refractivity contribution in [3.8, 4) is 17.7 Å². The summed E-state index contributed by atoms with van der Waals surface area (Å²) in [6.07, 6.45) is 3.69. The summed E-state index contributed by atoms with van der Waals surface area (Å²) >= 11 is 0. The molecule has 7 nitrogen and oxygen atoms in total. The molecule has 7 heteroatoms. The number of nitriles is 1. The number of hydrogen-bond donors (Lipinski definition) is 1. The van der Waals surface area contributed by atoms with Crippen molar-refractivity contribution in [3.05, 3.63) is 47.7 Å². The minimum absolute atomic E-state index is 0.348. The Bertz CT molecular complexity index is 972. The zero-order valence-corrected chi connectivity index (χ0v) is 15.0. The van der Waals surface area contributed by atoms with Gasteiger partial charge in [-0.25, -0.2) is 9.78 Å². The molecule has 0 unspecified atom stereocenters. The SMILES string of the molecule is CC1(C)C(=O)NC(=O)N1c1ccc(Oc2ccc(C#N)cc2C2CC2)nc1. The Kier molecular flexibility index (Phi) is 3.84. The molecule has 2 aromatic rings. The van der Waals surface area contributed by atoms with Crippen molar-refractivity contribution in [2.45, 2.75) is 38.1 Å². The molecule has 27 heavy (non-hydrogen) atoms. The monoisotopic (exact) mass is 362 g/mol. The Balaban J connectivity index is 1.58. The number of nitrogens with one attached hydrogen (secondary N) is 1. The molecule has 1 aromatic heterocycles. The number of anilines is 1. The second kappa shape index (κ2) is 6.09. The van der Waals surface area contributed by atoms with Crippen LogP contribution in [0.4, 0.5) is 10.5 Å². The summed E-state index contributed by atoms with van der Waals surface area (Å²) in [7, 11) is 0. The molecule has 2 fully saturated rings. The zero-order valence-electron chi connectivity index (χ0n) is 15.0. The van der Waals surface area contributed by atoms with Gasteiger partial charge in [0.2, 0.25) is 5.88 Å². The van der Waals surface area contributed by atoms with Gasteiger partial charge in [0.05, 0.1) is 23.5 Å². The van der Waals surface area contributed by atoms with E-state index >= 15 is 0 Å². The van der Waals surface area contributed by atoms with E-state index in [4.69, 9.17) is 10.00 Å². The van der Waals surface area contributed by atoms with E-state index in [9.17, 15) is 9.59 Å². The maximum absolute atomic E-state index is 12.1. The molecule has 2 aliphatic rings. The number of pyridine rings is 1. The van der Waals surface area contributed by atoms with Gasteiger partial charge in [-0.2, -0.15) is 5.26 Å². The lowest BCUT2D eigenvalue weighted by Gasteiger charge is -2.27. The number of ether oxygens (including phenoxy) is 1. The molecule has 0 radical (unpaired) electrons. The van der Waals surface area contributed by atoms with E-state index in [1.165, 1.54) is 11.1 Å². The molecule has 4 rings (SSSR count). The standard InChI is InChI=1S/C20H18N4O3/c1-20(2)18(25)23-19(26)24(20)14-6-8-17(22-11-14)27-16-7-3-12(10-21)9-15(16)13-4-5-13/h3,6-9,11,13H,4-5H2,1-2H3,(H,23,25,26). The number of aromatic nitrogens is 1. The quantitative estimate of drug-likeness (QED) is 0.841. The number of nitrogens with zero attached hydrogens (tertiary/aromatic N) is 3. The van der Waals surface area contributed by atoms with E-state index in [0.29, 0.717) is 28.8 Å². The molecular formula is C20H18N4O3. The van der Waals surface area contributed by atoms with E-state index in [-0.39, 0.29) is 5.91 Å². The van der Waals surface area contributed by atoms with Gasteiger partial charge in [0, 0.05) is 6.07 Å². The first-order valence-corrected chi connectivity index (χ1v) is 8.74. The minimum atomic E-state index is -0.979. The van der Waals surface area contributed by atoms with Crippen LogP contribution in [-0.4, -0.2) is 22.5 Å². The molecular weight excluding hydrogens is 344 g/mol. The number of carbonyl (C=O) groups is 2. The molecule has 1 aliphatic carbocycles. The Morgan fingerprint density at radius 3 is 2.59 bits per heavy atom. The number of carbonyl (C=O) groups excluding carboxylic acids is 2. The summed E-state index contributed by atoms with van der Waals surface area (Å²) in [6.45, 7) is 3.35. The van der Waals surface area contributed by atoms with Crippen molar-refractivity contribution in [2.24, 2.45) is 0 Å². The fourth-order valence-corrected chi connectivity index (χ4v) is 3.20. The number of hydrogen-bond acceptors (Lipinski definition) is 5. The third-order valence-electron chi connectivity index (χ3n) is 4.89. The average Bonchev–Trinajstić information content (AvgIpc) is 3.45. The van der Waals surface area contributed by atoms with Crippen molar-refractivity contribution in [1.29, 1.82) is 5.26 Å². The van der Waals surface area contributed by atoms with Crippen LogP contribution < -0.4 is 15.0 Å². The Labute approximate surface area is 156 Å². The molecule has 1 aromatic carbocycles. The van der Waals surface area contributed by atoms with Crippen molar-refractivity contribution in [3.63, 3.8) is 0 Å². The van der Waals surface area contributed by atoms with Crippen LogP contribution in [0.1, 0.15) is 43.7 Å². The Morgan fingerprint density at radius 1 is 1.26 bits per heavy atom. The molecule has 1 aliphatic heterocycles. The molecule has 1 N–H and O–H groups in total. The van der Waals surface area contributed by atoms with Crippen LogP contribution in [0.5, 0.6) is 11.6 Å². The molecule has 3 amide bonds. The average molecular weight is 362 g/mol. The van der Waals surface area contributed by atoms with Gasteiger partial charge in [-0.1, -0.05) is 0 Å². The second-order valence-electron chi connectivity index (χ2n) is 7.25. The van der Waals surface area contributed by atoms with Crippen LogP contribution in [0.15, 0.2) is 36.5 Å². The number of benzene rings is 1. The third-order valence-corrected chi connectivity index (χ3v) is 4.89. The lowest BCUT2D eigenvalue weighted by molar-refractivity contribution is -0.122. The highest BCUT2D eigenvalue weighted by Crippen LogP contribution is 2.45. The summed E-state index contributed by atoms with van der Waals surface area (Å²) in [5, 5.41) is 11.4. The predicted molar refractivity (Wildman–Crippen MR) is 97.5 cm³/mol. The van der Waals surface area contributed by atoms with Crippen molar-refractivity contribution < 1.29 is 14.3 Å². The van der Waals surface area contributed by atoms with Gasteiger partial charge in [0.15, 0.2) is 0 Å². The largest absolute Gasteiger partial charge is 0.439 e. The maximum Gasteiger partial charge on any atom is 0.329 e. The Hall–Kier alpha value is -3.40. The summed E-state index contributed by atoms with van der Waals surface area (Å²) in [4.78, 5) is 29.7. The van der Waals surface area contributed by atoms with Crippen molar-refractivity contribution in [1.82, 2.24) is 10.3 Å². The molecule has 136 valence electrons. The molecule has 1 saturated carbocycles. The maximum atomic E-state index is 12.1. The van der Waals surface area contributed by atoms with Crippen molar-refractivity contribution in [2.75, 3.05) is 4.90 Å². The van der Waals surface area contributed by atoms with Crippen LogP contribution in [0.25, 0.3) is 0 Å². The third kappa shape index (κ3) is 2.99. The van der Waals surface area contributed by atoms with Crippen LogP contribution in [0.3, 0.4) is 0 Å². The first-order chi connectivity index (χ1) is 12.9. The van der Waals surface area contributed by atoms with Crippen LogP contribution in [0, 0.1) is 11.3 Å². The fourth-order valence-electron chi connectivity index (χ4n) is 3.20. The minimum Gasteiger partial charge on any atom is -0.439 e. The van der Waals surface area contributed by atoms with Crippen LogP contribution in [0.2, 0.25) is 0 Å². The lowest BCUT2D eigenvalue weighted by atomic mass is 10.0. The van der Waals surface area contributed by atoms with Gasteiger partial charge >= 0.3 is 6.03 Å². The summed E-state index contributed by atoms with van der Waals surface area (Å²) in [5.74, 6) is 1.15. The Morgan fingerprint density at radius 2 is 2.04 bits per heavy atom. The first-order valence-electron chi connectivity index (χ1n) is 8.74. The number of rotatable bonds is 4. The lowest BCUT2D eigenvalue weighted by Crippen LogP contribution is -2.44. The van der Waals surface area contributed by atoms with E-state index in [0.717, 1.165) is 18.4 Å². The van der Waals surface area contributed by atoms with Crippen LogP contribution >= 0.6 is 0 Å². The van der Waals surface area contributed by atoms with Crippen molar-refractivity contribution >= 4 is 17.6 Å². The van der Waals surface area contributed by atoms with E-state index in [2.05, 4.69) is 16.4 Å². The van der Waals surface area contributed by atoms with E-state index in [1.807, 2.05) is 6.07 Å². The van der Waals surface area contributed by atoms with Gasteiger partial charge in [-0.05, 0) is 62.4 Å². The van der Waals surface area contributed by atoms with Gasteiger partial charge in [0.1, 0.15) is 11.3 Å². The number of urea groups is 1. The number of imide groups is 1.